The molecule has 0 atom stereocenters. The molecule has 0 fully saturated rings. The van der Waals surface area contributed by atoms with Gasteiger partial charge in [0, 0.05) is 75.4 Å². The average molecular weight is 496 g/mol. The number of carbonyl (C=O) groups excluding carboxylic acids is 1. The van der Waals surface area contributed by atoms with E-state index in [2.05, 4.69) is 15.2 Å². The number of amides is 1. The van der Waals surface area contributed by atoms with E-state index < -0.39 is 0 Å². The van der Waals surface area contributed by atoms with Crippen molar-refractivity contribution in [2.75, 3.05) is 41.0 Å². The number of hydrogen-bond donors (Lipinski definition) is 1. The van der Waals surface area contributed by atoms with Crippen LogP contribution >= 0.6 is 0 Å². The Morgan fingerprint density at radius 1 is 1.08 bits per heavy atom. The monoisotopic (exact) mass is 495 g/mol. The van der Waals surface area contributed by atoms with Crippen LogP contribution in [-0.4, -0.2) is 65.9 Å². The van der Waals surface area contributed by atoms with E-state index in [0.717, 1.165) is 18.5 Å². The van der Waals surface area contributed by atoms with Gasteiger partial charge < -0.3 is 28.7 Å². The first kappa shape index (κ1) is 25.3. The second kappa shape index (κ2) is 11.8. The number of aryl methyl sites for hydroxylation is 1. The number of para-hydroxylation sites is 1. The molecule has 2 aromatic heterocycles. The van der Waals surface area contributed by atoms with Crippen LogP contribution in [0.4, 0.5) is 0 Å². The summed E-state index contributed by atoms with van der Waals surface area (Å²) in [5.41, 5.74) is 1.97. The average Bonchev–Trinajstić information content (AvgIpc) is 3.32. The minimum absolute atomic E-state index is 0.167. The van der Waals surface area contributed by atoms with Crippen molar-refractivity contribution in [3.05, 3.63) is 70.2 Å². The highest BCUT2D eigenvalue weighted by atomic mass is 16.5. The van der Waals surface area contributed by atoms with Crippen molar-refractivity contribution in [3.63, 3.8) is 0 Å². The highest BCUT2D eigenvalue weighted by Crippen LogP contribution is 2.32. The van der Waals surface area contributed by atoms with Gasteiger partial charge in [0.1, 0.15) is 11.3 Å². The van der Waals surface area contributed by atoms with E-state index in [-0.39, 0.29) is 11.5 Å². The molecule has 0 spiro atoms. The zero-order valence-electron chi connectivity index (χ0n) is 21.0. The number of fused-ring (bicyclic) bond motifs is 1. The zero-order valence-corrected chi connectivity index (χ0v) is 21.0. The molecule has 0 saturated heterocycles. The fraction of sp³-hybridized carbons (Fsp3) is 0.423. The highest BCUT2D eigenvalue weighted by Gasteiger charge is 2.25. The summed E-state index contributed by atoms with van der Waals surface area (Å²) in [5, 5.41) is 2.99. The van der Waals surface area contributed by atoms with E-state index in [9.17, 15) is 9.59 Å². The molecule has 1 N–H and O–H groups in total. The molecule has 36 heavy (non-hydrogen) atoms. The van der Waals surface area contributed by atoms with Gasteiger partial charge in [0.15, 0.2) is 11.5 Å². The molecule has 192 valence electrons. The van der Waals surface area contributed by atoms with E-state index in [1.54, 1.807) is 31.3 Å². The molecule has 0 bridgehead atoms. The topological polar surface area (TPSA) is 99.9 Å². The molecular weight excluding hydrogens is 462 g/mol. The van der Waals surface area contributed by atoms with Crippen LogP contribution in [0.1, 0.15) is 28.0 Å². The van der Waals surface area contributed by atoms with Crippen molar-refractivity contribution < 1.29 is 19.0 Å². The van der Waals surface area contributed by atoms with Crippen LogP contribution in [0.2, 0.25) is 0 Å². The number of nitrogens with zero attached hydrogens (tertiary/aromatic N) is 4. The minimum Gasteiger partial charge on any atom is -0.496 e. The van der Waals surface area contributed by atoms with Crippen molar-refractivity contribution in [1.82, 2.24) is 24.3 Å². The lowest BCUT2D eigenvalue weighted by molar-refractivity contribution is 0.0947. The number of methoxy groups -OCH3 is 3. The second-order valence-electron chi connectivity index (χ2n) is 8.61. The van der Waals surface area contributed by atoms with Crippen molar-refractivity contribution in [3.8, 4) is 17.2 Å². The summed E-state index contributed by atoms with van der Waals surface area (Å²) >= 11 is 0. The molecule has 0 saturated carbocycles. The Hall–Kier alpha value is -3.79. The van der Waals surface area contributed by atoms with E-state index >= 15 is 0 Å². The van der Waals surface area contributed by atoms with E-state index in [4.69, 9.17) is 14.2 Å². The first-order valence-corrected chi connectivity index (χ1v) is 12.0. The van der Waals surface area contributed by atoms with Gasteiger partial charge in [-0.05, 0) is 12.5 Å². The van der Waals surface area contributed by atoms with Gasteiger partial charge >= 0.3 is 0 Å². The van der Waals surface area contributed by atoms with Crippen molar-refractivity contribution in [2.24, 2.45) is 0 Å². The fourth-order valence-corrected chi connectivity index (χ4v) is 4.65. The van der Waals surface area contributed by atoms with Crippen molar-refractivity contribution in [2.45, 2.75) is 32.5 Å². The predicted molar refractivity (Wildman–Crippen MR) is 135 cm³/mol. The van der Waals surface area contributed by atoms with Crippen LogP contribution in [-0.2, 0) is 26.1 Å². The zero-order chi connectivity index (χ0) is 25.5. The van der Waals surface area contributed by atoms with Crippen LogP contribution in [0.15, 0.2) is 47.8 Å². The molecule has 1 aliphatic heterocycles. The van der Waals surface area contributed by atoms with Crippen molar-refractivity contribution >= 4 is 5.91 Å². The Morgan fingerprint density at radius 3 is 2.64 bits per heavy atom. The van der Waals surface area contributed by atoms with Gasteiger partial charge in [0.05, 0.1) is 27.7 Å². The van der Waals surface area contributed by atoms with Gasteiger partial charge in [-0.2, -0.15) is 0 Å². The number of pyridine rings is 1. The molecule has 3 aromatic rings. The molecule has 1 aromatic carbocycles. The van der Waals surface area contributed by atoms with Gasteiger partial charge in [0.2, 0.25) is 0 Å². The summed E-state index contributed by atoms with van der Waals surface area (Å²) < 4.78 is 20.2. The molecule has 0 unspecified atom stereocenters. The first-order valence-electron chi connectivity index (χ1n) is 12.0. The van der Waals surface area contributed by atoms with Gasteiger partial charge in [-0.15, -0.1) is 0 Å². The van der Waals surface area contributed by atoms with Crippen LogP contribution in [0.3, 0.4) is 0 Å². The molecule has 10 heteroatoms. The number of imidazole rings is 1. The quantitative estimate of drug-likeness (QED) is 0.429. The number of benzene rings is 1. The Labute approximate surface area is 210 Å². The summed E-state index contributed by atoms with van der Waals surface area (Å²) in [6.45, 7) is 3.70. The summed E-state index contributed by atoms with van der Waals surface area (Å²) in [6.07, 6.45) is 6.67. The Kier molecular flexibility index (Phi) is 8.27. The maximum atomic E-state index is 13.2. The lowest BCUT2D eigenvalue weighted by Crippen LogP contribution is -2.32. The van der Waals surface area contributed by atoms with Gasteiger partial charge in [-0.1, -0.05) is 12.1 Å². The second-order valence-corrected chi connectivity index (χ2v) is 8.61. The Morgan fingerprint density at radius 2 is 1.92 bits per heavy atom. The molecule has 1 aliphatic rings. The number of ether oxygens (including phenoxy) is 3. The smallest absolute Gasteiger partial charge is 0.256 e. The third kappa shape index (κ3) is 5.54. The van der Waals surface area contributed by atoms with Crippen LogP contribution in [0.5, 0.6) is 17.2 Å². The highest BCUT2D eigenvalue weighted by molar-refractivity contribution is 5.98. The summed E-state index contributed by atoms with van der Waals surface area (Å²) in [5.74, 6) is 1.46. The lowest BCUT2D eigenvalue weighted by Gasteiger charge is -2.21. The minimum atomic E-state index is -0.232. The van der Waals surface area contributed by atoms with E-state index in [1.165, 1.54) is 13.2 Å². The first-order chi connectivity index (χ1) is 17.5. The van der Waals surface area contributed by atoms with Gasteiger partial charge in [0.25, 0.3) is 11.5 Å². The van der Waals surface area contributed by atoms with Crippen LogP contribution in [0, 0.1) is 0 Å². The normalized spacial score (nSPS) is 13.5. The summed E-state index contributed by atoms with van der Waals surface area (Å²) in [7, 11) is 4.74. The number of carbonyl (C=O) groups is 1. The predicted octanol–water partition coefficient (Wildman–Crippen LogP) is 1.95. The van der Waals surface area contributed by atoms with Crippen molar-refractivity contribution in [1.29, 1.82) is 0 Å². The Bertz CT molecular complexity index is 1240. The molecule has 0 aliphatic carbocycles. The molecule has 1 amide bonds. The van der Waals surface area contributed by atoms with Crippen LogP contribution in [0.25, 0.3) is 0 Å². The summed E-state index contributed by atoms with van der Waals surface area (Å²) in [6, 6.07) is 7.22. The molecule has 4 rings (SSSR count). The number of nitrogens with one attached hydrogen (secondary N) is 1. The van der Waals surface area contributed by atoms with E-state index in [0.29, 0.717) is 67.7 Å². The van der Waals surface area contributed by atoms with E-state index in [1.807, 2.05) is 29.0 Å². The number of rotatable bonds is 10. The Balaban J connectivity index is 1.50. The molecule has 3 heterocycles. The lowest BCUT2D eigenvalue weighted by atomic mass is 10.1. The largest absolute Gasteiger partial charge is 0.496 e. The molecule has 10 nitrogen and oxygen atoms in total. The van der Waals surface area contributed by atoms with Gasteiger partial charge in [-0.25, -0.2) is 4.98 Å². The molecule has 0 radical (unpaired) electrons. The number of hydrogen-bond acceptors (Lipinski definition) is 7. The third-order valence-corrected chi connectivity index (χ3v) is 6.45. The van der Waals surface area contributed by atoms with Gasteiger partial charge in [-0.3, -0.25) is 14.5 Å². The third-order valence-electron chi connectivity index (χ3n) is 6.45. The molecular formula is C26H33N5O5. The summed E-state index contributed by atoms with van der Waals surface area (Å²) in [4.78, 5) is 32.4. The maximum Gasteiger partial charge on any atom is 0.256 e. The van der Waals surface area contributed by atoms with Crippen LogP contribution < -0.4 is 25.1 Å². The maximum absolute atomic E-state index is 13.2. The standard InChI is InChI=1S/C26H33N5O5/c1-34-21-7-4-6-19(25(21)36-3)17-29-12-8-20-24(22(35-2)16-23(32)31(20)15-14-29)26(33)28-9-5-11-30-13-10-27-18-30/h4,6-7,10,13,16,18H,5,8-9,11-12,14-15,17H2,1-3H3,(H,28,33). The fourth-order valence-electron chi connectivity index (χ4n) is 4.65. The number of aromatic nitrogens is 3. The SMILES string of the molecule is COc1cccc(CN2CCc3c(C(=O)NCCCn4ccnc4)c(OC)cc(=O)n3CC2)c1OC.